The number of likely N-dealkylation sites (tertiary alicyclic amines) is 1. The Kier molecular flexibility index (Phi) is 5.21. The second kappa shape index (κ2) is 7.67. The van der Waals surface area contributed by atoms with Gasteiger partial charge in [-0.05, 0) is 45.2 Å². The molecule has 0 unspecified atom stereocenters. The number of aliphatic hydroxyl groups is 1. The molecule has 2 aromatic heterocycles. The molecular formula is C23H30N4O2. The van der Waals surface area contributed by atoms with Crippen LogP contribution in [0.2, 0.25) is 0 Å². The lowest BCUT2D eigenvalue weighted by atomic mass is 9.91. The number of hydrogen-bond acceptors (Lipinski definition) is 3. The minimum absolute atomic E-state index is 0.167. The Hall–Kier alpha value is -2.60. The molecule has 0 aliphatic carbocycles. The van der Waals surface area contributed by atoms with Gasteiger partial charge in [0.05, 0.1) is 12.1 Å². The summed E-state index contributed by atoms with van der Waals surface area (Å²) in [5.41, 5.74) is 2.93. The number of aromatic nitrogens is 3. The molecule has 1 aliphatic rings. The maximum atomic E-state index is 12.8. The van der Waals surface area contributed by atoms with Crippen molar-refractivity contribution in [3.63, 3.8) is 0 Å². The Bertz CT molecular complexity index is 1020. The second-order valence-electron chi connectivity index (χ2n) is 8.34. The van der Waals surface area contributed by atoms with Gasteiger partial charge in [0.2, 0.25) is 5.91 Å². The van der Waals surface area contributed by atoms with Crippen molar-refractivity contribution < 1.29 is 9.90 Å². The van der Waals surface area contributed by atoms with Gasteiger partial charge in [-0.3, -0.25) is 4.79 Å². The average Bonchev–Trinajstić information content (AvgIpc) is 3.22. The summed E-state index contributed by atoms with van der Waals surface area (Å²) in [4.78, 5) is 19.0. The van der Waals surface area contributed by atoms with Crippen molar-refractivity contribution in [3.05, 3.63) is 53.7 Å². The minimum Gasteiger partial charge on any atom is -0.388 e. The lowest BCUT2D eigenvalue weighted by molar-refractivity contribution is -0.136. The molecule has 0 spiro atoms. The lowest BCUT2D eigenvalue weighted by Gasteiger charge is -2.38. The molecule has 29 heavy (non-hydrogen) atoms. The molecule has 0 radical (unpaired) electrons. The van der Waals surface area contributed by atoms with Crippen LogP contribution in [0.5, 0.6) is 0 Å². The molecule has 1 amide bonds. The highest BCUT2D eigenvalue weighted by molar-refractivity contribution is 5.85. The fourth-order valence-corrected chi connectivity index (χ4v) is 4.48. The van der Waals surface area contributed by atoms with Crippen LogP contribution >= 0.6 is 0 Å². The Labute approximate surface area is 171 Å². The Morgan fingerprint density at radius 3 is 2.59 bits per heavy atom. The predicted octanol–water partition coefficient (Wildman–Crippen LogP) is 3.21. The zero-order chi connectivity index (χ0) is 20.6. The van der Waals surface area contributed by atoms with Gasteiger partial charge in [0.1, 0.15) is 5.82 Å². The van der Waals surface area contributed by atoms with Gasteiger partial charge in [0.15, 0.2) is 0 Å². The number of imidazole rings is 1. The first kappa shape index (κ1) is 19.7. The number of carbonyl (C=O) groups is 1. The highest BCUT2D eigenvalue weighted by atomic mass is 16.3. The SMILES string of the molecule is Cc1c(C)n(CCC(=O)N2CCC(O)(Cn3ccnc3C)CC2)c2ccccc12. The summed E-state index contributed by atoms with van der Waals surface area (Å²) in [5, 5.41) is 12.2. The predicted molar refractivity (Wildman–Crippen MR) is 114 cm³/mol. The van der Waals surface area contributed by atoms with Crippen molar-refractivity contribution in [1.82, 2.24) is 19.0 Å². The molecule has 6 nitrogen and oxygen atoms in total. The fourth-order valence-electron chi connectivity index (χ4n) is 4.48. The van der Waals surface area contributed by atoms with E-state index in [1.165, 1.54) is 22.2 Å². The Morgan fingerprint density at radius 1 is 1.17 bits per heavy atom. The summed E-state index contributed by atoms with van der Waals surface area (Å²) in [6, 6.07) is 8.37. The quantitative estimate of drug-likeness (QED) is 0.723. The number of carbonyl (C=O) groups excluding carboxylic acids is 1. The van der Waals surface area contributed by atoms with Crippen LogP contribution in [0, 0.1) is 20.8 Å². The number of rotatable bonds is 5. The van der Waals surface area contributed by atoms with Crippen molar-refractivity contribution >= 4 is 16.8 Å². The maximum absolute atomic E-state index is 12.8. The molecule has 0 saturated carbocycles. The van der Waals surface area contributed by atoms with Gasteiger partial charge in [0.25, 0.3) is 0 Å². The number of benzene rings is 1. The molecule has 1 aromatic carbocycles. The average molecular weight is 395 g/mol. The molecule has 1 aliphatic heterocycles. The zero-order valence-corrected chi connectivity index (χ0v) is 17.6. The van der Waals surface area contributed by atoms with Crippen molar-refractivity contribution in [3.8, 4) is 0 Å². The smallest absolute Gasteiger partial charge is 0.224 e. The summed E-state index contributed by atoms with van der Waals surface area (Å²) in [7, 11) is 0. The van der Waals surface area contributed by atoms with Crippen LogP contribution in [0.25, 0.3) is 10.9 Å². The molecule has 3 heterocycles. The van der Waals surface area contributed by atoms with Gasteiger partial charge in [-0.15, -0.1) is 0 Å². The van der Waals surface area contributed by atoms with Crippen LogP contribution in [-0.4, -0.2) is 48.7 Å². The van der Waals surface area contributed by atoms with E-state index in [-0.39, 0.29) is 5.91 Å². The van der Waals surface area contributed by atoms with Crippen LogP contribution in [0.1, 0.15) is 36.3 Å². The Balaban J connectivity index is 1.36. The van der Waals surface area contributed by atoms with Crippen LogP contribution in [0.15, 0.2) is 36.7 Å². The monoisotopic (exact) mass is 394 g/mol. The van der Waals surface area contributed by atoms with Crippen LogP contribution in [-0.2, 0) is 17.9 Å². The molecule has 1 fully saturated rings. The molecule has 1 saturated heterocycles. The van der Waals surface area contributed by atoms with E-state index in [1.54, 1.807) is 6.20 Å². The van der Waals surface area contributed by atoms with Crippen LogP contribution < -0.4 is 0 Å². The van der Waals surface area contributed by atoms with E-state index < -0.39 is 5.60 Å². The number of nitrogens with zero attached hydrogens (tertiary/aromatic N) is 4. The number of aryl methyl sites for hydroxylation is 3. The standard InChI is InChI=1S/C23H30N4O2/c1-17-18(2)27(21-7-5-4-6-20(17)21)12-8-22(28)25-13-9-23(29,10-14-25)16-26-15-11-24-19(26)3/h4-7,11,15,29H,8-10,12-14,16H2,1-3H3. The third kappa shape index (κ3) is 3.81. The molecular weight excluding hydrogens is 364 g/mol. The molecule has 154 valence electrons. The van der Waals surface area contributed by atoms with Crippen LogP contribution in [0.4, 0.5) is 0 Å². The number of hydrogen-bond donors (Lipinski definition) is 1. The molecule has 1 N–H and O–H groups in total. The number of piperidine rings is 1. The van der Waals surface area contributed by atoms with Crippen molar-refractivity contribution in [2.45, 2.75) is 58.7 Å². The van der Waals surface area contributed by atoms with Crippen LogP contribution in [0.3, 0.4) is 0 Å². The molecule has 4 rings (SSSR count). The van der Waals surface area contributed by atoms with Gasteiger partial charge in [-0.2, -0.15) is 0 Å². The normalized spacial score (nSPS) is 16.5. The second-order valence-corrected chi connectivity index (χ2v) is 8.34. The van der Waals surface area contributed by atoms with Gasteiger partial charge in [-0.25, -0.2) is 4.98 Å². The van der Waals surface area contributed by atoms with Gasteiger partial charge in [-0.1, -0.05) is 18.2 Å². The first-order valence-corrected chi connectivity index (χ1v) is 10.4. The van der Waals surface area contributed by atoms with E-state index in [4.69, 9.17) is 0 Å². The number of fused-ring (bicyclic) bond motifs is 1. The summed E-state index contributed by atoms with van der Waals surface area (Å²) < 4.78 is 4.24. The summed E-state index contributed by atoms with van der Waals surface area (Å²) in [5.74, 6) is 1.07. The lowest BCUT2D eigenvalue weighted by Crippen LogP contribution is -2.48. The number of para-hydroxylation sites is 1. The third-order valence-corrected chi connectivity index (χ3v) is 6.53. The summed E-state index contributed by atoms with van der Waals surface area (Å²) in [6.45, 7) is 8.64. The molecule has 6 heteroatoms. The maximum Gasteiger partial charge on any atom is 0.224 e. The van der Waals surface area contributed by atoms with Crippen molar-refractivity contribution in [1.29, 1.82) is 0 Å². The first-order valence-electron chi connectivity index (χ1n) is 10.4. The minimum atomic E-state index is -0.771. The Morgan fingerprint density at radius 2 is 1.90 bits per heavy atom. The summed E-state index contributed by atoms with van der Waals surface area (Å²) in [6.07, 6.45) is 5.34. The number of amides is 1. The van der Waals surface area contributed by atoms with E-state index in [9.17, 15) is 9.90 Å². The topological polar surface area (TPSA) is 63.3 Å². The first-order chi connectivity index (χ1) is 13.9. The van der Waals surface area contributed by atoms with Gasteiger partial charge >= 0.3 is 0 Å². The largest absolute Gasteiger partial charge is 0.388 e. The van der Waals surface area contributed by atoms with E-state index in [2.05, 4.69) is 41.6 Å². The third-order valence-electron chi connectivity index (χ3n) is 6.53. The van der Waals surface area contributed by atoms with E-state index >= 15 is 0 Å². The fraction of sp³-hybridized carbons (Fsp3) is 0.478. The highest BCUT2D eigenvalue weighted by Gasteiger charge is 2.34. The zero-order valence-electron chi connectivity index (χ0n) is 17.6. The molecule has 3 aromatic rings. The van der Waals surface area contributed by atoms with E-state index in [0.717, 1.165) is 5.82 Å². The van der Waals surface area contributed by atoms with Crippen molar-refractivity contribution in [2.75, 3.05) is 13.1 Å². The summed E-state index contributed by atoms with van der Waals surface area (Å²) >= 11 is 0. The van der Waals surface area contributed by atoms with Gasteiger partial charge < -0.3 is 19.1 Å². The van der Waals surface area contributed by atoms with E-state index in [1.807, 2.05) is 28.7 Å². The van der Waals surface area contributed by atoms with E-state index in [0.29, 0.717) is 45.4 Å². The molecule has 0 bridgehead atoms. The molecule has 0 atom stereocenters. The highest BCUT2D eigenvalue weighted by Crippen LogP contribution is 2.27. The van der Waals surface area contributed by atoms with Crippen molar-refractivity contribution in [2.24, 2.45) is 0 Å². The van der Waals surface area contributed by atoms with Gasteiger partial charge in [0, 0.05) is 55.0 Å².